The molecule has 2 N–H and O–H groups in total. The van der Waals surface area contributed by atoms with Crippen LogP contribution in [0.1, 0.15) is 32.5 Å². The van der Waals surface area contributed by atoms with E-state index >= 15 is 0 Å². The van der Waals surface area contributed by atoms with E-state index in [9.17, 15) is 0 Å². The molecule has 0 radical (unpaired) electrons. The number of benzene rings is 1. The number of hydrogen-bond donors (Lipinski definition) is 1. The Labute approximate surface area is 111 Å². The molecule has 0 aliphatic heterocycles. The highest BCUT2D eigenvalue weighted by molar-refractivity contribution is 7.12. The van der Waals surface area contributed by atoms with Crippen molar-refractivity contribution in [2.24, 2.45) is 5.73 Å². The van der Waals surface area contributed by atoms with Gasteiger partial charge < -0.3 is 5.73 Å². The van der Waals surface area contributed by atoms with Gasteiger partial charge in [-0.05, 0) is 55.7 Å². The minimum atomic E-state index is -0.0846. The molecule has 2 rings (SSSR count). The summed E-state index contributed by atoms with van der Waals surface area (Å²) in [4.78, 5) is 2.59. The van der Waals surface area contributed by atoms with Crippen molar-refractivity contribution in [3.63, 3.8) is 0 Å². The second-order valence-corrected chi connectivity index (χ2v) is 6.24. The number of hydrogen-bond acceptors (Lipinski definition) is 2. The minimum absolute atomic E-state index is 0.0846. The first-order chi connectivity index (χ1) is 7.99. The predicted octanol–water partition coefficient (Wildman–Crippen LogP) is 4.37. The molecular formula is C14H16ClNS. The minimum Gasteiger partial charge on any atom is -0.320 e. The van der Waals surface area contributed by atoms with E-state index < -0.39 is 0 Å². The molecule has 0 saturated carbocycles. The molecule has 2 aromatic rings. The molecular weight excluding hydrogens is 250 g/mol. The summed E-state index contributed by atoms with van der Waals surface area (Å²) < 4.78 is 0. The van der Waals surface area contributed by atoms with Gasteiger partial charge in [-0.15, -0.1) is 11.3 Å². The lowest BCUT2D eigenvalue weighted by atomic mass is 9.96. The van der Waals surface area contributed by atoms with E-state index in [1.54, 1.807) is 11.3 Å². The van der Waals surface area contributed by atoms with Gasteiger partial charge in [0.15, 0.2) is 0 Å². The van der Waals surface area contributed by atoms with Crippen LogP contribution in [-0.4, -0.2) is 0 Å². The second kappa shape index (κ2) is 4.81. The molecule has 0 fully saturated rings. The van der Waals surface area contributed by atoms with Crippen molar-refractivity contribution in [1.82, 2.24) is 0 Å². The number of halogens is 1. The van der Waals surface area contributed by atoms with Crippen LogP contribution >= 0.6 is 22.9 Å². The van der Waals surface area contributed by atoms with E-state index in [1.807, 2.05) is 18.2 Å². The summed E-state index contributed by atoms with van der Waals surface area (Å²) in [5.41, 5.74) is 9.85. The Morgan fingerprint density at radius 3 is 2.41 bits per heavy atom. The number of aryl methyl sites for hydroxylation is 3. The van der Waals surface area contributed by atoms with Crippen LogP contribution in [0.15, 0.2) is 24.3 Å². The Bertz CT molecular complexity index is 545. The van der Waals surface area contributed by atoms with Crippen LogP contribution in [0.3, 0.4) is 0 Å². The zero-order valence-electron chi connectivity index (χ0n) is 10.3. The fourth-order valence-electron chi connectivity index (χ4n) is 2.07. The lowest BCUT2D eigenvalue weighted by Gasteiger charge is -2.15. The van der Waals surface area contributed by atoms with Gasteiger partial charge in [0.2, 0.25) is 0 Å². The molecule has 1 atom stereocenters. The van der Waals surface area contributed by atoms with Crippen molar-refractivity contribution < 1.29 is 0 Å². The van der Waals surface area contributed by atoms with E-state index in [-0.39, 0.29) is 6.04 Å². The Morgan fingerprint density at radius 2 is 1.82 bits per heavy atom. The summed E-state index contributed by atoms with van der Waals surface area (Å²) >= 11 is 7.83. The summed E-state index contributed by atoms with van der Waals surface area (Å²) in [6.45, 7) is 6.30. The highest BCUT2D eigenvalue weighted by Gasteiger charge is 2.15. The normalized spacial score (nSPS) is 12.8. The van der Waals surface area contributed by atoms with Crippen LogP contribution in [0.5, 0.6) is 0 Å². The zero-order valence-corrected chi connectivity index (χ0v) is 11.8. The van der Waals surface area contributed by atoms with E-state index in [1.165, 1.54) is 20.9 Å². The van der Waals surface area contributed by atoms with Crippen LogP contribution in [0.25, 0.3) is 0 Å². The zero-order chi connectivity index (χ0) is 12.6. The van der Waals surface area contributed by atoms with Crippen LogP contribution in [-0.2, 0) is 0 Å². The maximum Gasteiger partial charge on any atom is 0.0565 e. The summed E-state index contributed by atoms with van der Waals surface area (Å²) in [5, 5.41) is 0.741. The summed E-state index contributed by atoms with van der Waals surface area (Å²) in [6, 6.07) is 7.97. The lowest BCUT2D eigenvalue weighted by Crippen LogP contribution is -2.13. The molecule has 0 bridgehead atoms. The Morgan fingerprint density at radius 1 is 1.12 bits per heavy atom. The lowest BCUT2D eigenvalue weighted by molar-refractivity contribution is 0.859. The fraction of sp³-hybridized carbons (Fsp3) is 0.286. The molecule has 17 heavy (non-hydrogen) atoms. The molecule has 0 aliphatic carbocycles. The molecule has 0 saturated heterocycles. The van der Waals surface area contributed by atoms with E-state index in [0.29, 0.717) is 0 Å². The number of rotatable bonds is 2. The van der Waals surface area contributed by atoms with Gasteiger partial charge in [0, 0.05) is 14.8 Å². The van der Waals surface area contributed by atoms with Gasteiger partial charge in [0.25, 0.3) is 0 Å². The molecule has 1 aromatic heterocycles. The van der Waals surface area contributed by atoms with Gasteiger partial charge in [-0.3, -0.25) is 0 Å². The fourth-order valence-corrected chi connectivity index (χ4v) is 3.23. The largest absolute Gasteiger partial charge is 0.320 e. The van der Waals surface area contributed by atoms with Gasteiger partial charge in [-0.1, -0.05) is 17.7 Å². The van der Waals surface area contributed by atoms with Gasteiger partial charge >= 0.3 is 0 Å². The van der Waals surface area contributed by atoms with Crippen molar-refractivity contribution in [3.8, 4) is 0 Å². The first kappa shape index (κ1) is 12.6. The molecule has 0 aliphatic rings. The van der Waals surface area contributed by atoms with E-state index in [0.717, 1.165) is 10.6 Å². The summed E-state index contributed by atoms with van der Waals surface area (Å²) in [5.74, 6) is 0. The molecule has 1 nitrogen and oxygen atoms in total. The highest BCUT2D eigenvalue weighted by Crippen LogP contribution is 2.31. The monoisotopic (exact) mass is 265 g/mol. The third kappa shape index (κ3) is 2.54. The topological polar surface area (TPSA) is 26.0 Å². The summed E-state index contributed by atoms with van der Waals surface area (Å²) in [6.07, 6.45) is 0. The molecule has 1 heterocycles. The number of thiophene rings is 1. The van der Waals surface area contributed by atoms with Gasteiger partial charge in [-0.25, -0.2) is 0 Å². The highest BCUT2D eigenvalue weighted by atomic mass is 35.5. The van der Waals surface area contributed by atoms with Crippen molar-refractivity contribution in [2.45, 2.75) is 26.8 Å². The Hall–Kier alpha value is -0.830. The van der Waals surface area contributed by atoms with Crippen LogP contribution < -0.4 is 5.73 Å². The first-order valence-electron chi connectivity index (χ1n) is 5.57. The Balaban J connectivity index is 2.46. The third-order valence-electron chi connectivity index (χ3n) is 2.99. The van der Waals surface area contributed by atoms with Crippen molar-refractivity contribution in [1.29, 1.82) is 0 Å². The van der Waals surface area contributed by atoms with Crippen molar-refractivity contribution in [2.75, 3.05) is 0 Å². The molecule has 90 valence electrons. The molecule has 3 heteroatoms. The van der Waals surface area contributed by atoms with E-state index in [2.05, 4.69) is 26.8 Å². The molecule has 1 unspecified atom stereocenters. The predicted molar refractivity (Wildman–Crippen MR) is 76.0 cm³/mol. The average Bonchev–Trinajstić information content (AvgIpc) is 2.60. The quantitative estimate of drug-likeness (QED) is 0.857. The first-order valence-corrected chi connectivity index (χ1v) is 6.77. The Kier molecular flexibility index (Phi) is 3.57. The van der Waals surface area contributed by atoms with E-state index in [4.69, 9.17) is 17.3 Å². The molecule has 0 amide bonds. The third-order valence-corrected chi connectivity index (χ3v) is 4.21. The van der Waals surface area contributed by atoms with Gasteiger partial charge in [-0.2, -0.15) is 0 Å². The standard InChI is InChI=1S/C14H16ClNS/c1-8-4-5-11(15)7-12(8)14(16)13-6-9(2)17-10(13)3/h4-7,14H,16H2,1-3H3. The van der Waals surface area contributed by atoms with Crippen LogP contribution in [0.4, 0.5) is 0 Å². The molecule has 1 aromatic carbocycles. The molecule has 0 spiro atoms. The second-order valence-electron chi connectivity index (χ2n) is 4.35. The van der Waals surface area contributed by atoms with Crippen molar-refractivity contribution in [3.05, 3.63) is 55.7 Å². The van der Waals surface area contributed by atoms with Crippen LogP contribution in [0.2, 0.25) is 5.02 Å². The van der Waals surface area contributed by atoms with Crippen molar-refractivity contribution >= 4 is 22.9 Å². The maximum absolute atomic E-state index is 6.35. The summed E-state index contributed by atoms with van der Waals surface area (Å²) in [7, 11) is 0. The smallest absolute Gasteiger partial charge is 0.0565 e. The SMILES string of the molecule is Cc1cc(C(N)c2cc(Cl)ccc2C)c(C)s1. The van der Waals surface area contributed by atoms with Gasteiger partial charge in [0.1, 0.15) is 0 Å². The number of nitrogens with two attached hydrogens (primary N) is 1. The maximum atomic E-state index is 6.35. The average molecular weight is 266 g/mol. The van der Waals surface area contributed by atoms with Gasteiger partial charge in [0.05, 0.1) is 6.04 Å². The van der Waals surface area contributed by atoms with Crippen LogP contribution in [0, 0.1) is 20.8 Å².